The van der Waals surface area contributed by atoms with Gasteiger partial charge in [-0.3, -0.25) is 4.79 Å². The van der Waals surface area contributed by atoms with Crippen LogP contribution in [0.1, 0.15) is 35.3 Å². The number of nitrogens with two attached hydrogens (primary N) is 1. The number of carbonyl (C=O) groups excluding carboxylic acids is 1. The predicted molar refractivity (Wildman–Crippen MR) is 119 cm³/mol. The van der Waals surface area contributed by atoms with Crippen molar-refractivity contribution >= 4 is 35.8 Å². The van der Waals surface area contributed by atoms with E-state index in [0.717, 1.165) is 11.1 Å². The highest BCUT2D eigenvalue weighted by atomic mass is 127. The number of aliphatic hydroxyl groups is 1. The van der Waals surface area contributed by atoms with E-state index in [2.05, 4.69) is 15.6 Å². The second-order valence-corrected chi connectivity index (χ2v) is 6.25. The standard InChI is InChI=1S/C20H26N4O2.HI/c1-3-22-19(23-13-15-8-7-9-16(12-15)18(21)25)24-14-20(2,26)17-10-5-4-6-11-17;/h4-12,26H,3,13-14H2,1-2H3,(H2,21,25)(H2,22,23,24);1H. The van der Waals surface area contributed by atoms with Crippen LogP contribution in [0.5, 0.6) is 0 Å². The van der Waals surface area contributed by atoms with E-state index in [4.69, 9.17) is 5.73 Å². The molecule has 146 valence electrons. The maximum absolute atomic E-state index is 11.3. The van der Waals surface area contributed by atoms with Crippen LogP contribution in [-0.4, -0.2) is 30.1 Å². The Morgan fingerprint density at radius 1 is 1.15 bits per heavy atom. The number of rotatable bonds is 7. The van der Waals surface area contributed by atoms with Gasteiger partial charge in [-0.25, -0.2) is 4.99 Å². The highest BCUT2D eigenvalue weighted by Crippen LogP contribution is 2.18. The summed E-state index contributed by atoms with van der Waals surface area (Å²) in [6, 6.07) is 16.6. The number of benzene rings is 2. The zero-order chi connectivity index (χ0) is 19.0. The van der Waals surface area contributed by atoms with Gasteiger partial charge < -0.3 is 21.5 Å². The van der Waals surface area contributed by atoms with E-state index in [-0.39, 0.29) is 24.0 Å². The third-order valence-electron chi connectivity index (χ3n) is 3.97. The molecule has 5 N–H and O–H groups in total. The van der Waals surface area contributed by atoms with Gasteiger partial charge in [-0.1, -0.05) is 42.5 Å². The van der Waals surface area contributed by atoms with Crippen molar-refractivity contribution < 1.29 is 9.90 Å². The number of hydrogen-bond donors (Lipinski definition) is 4. The summed E-state index contributed by atoms with van der Waals surface area (Å²) in [7, 11) is 0. The molecule has 27 heavy (non-hydrogen) atoms. The molecule has 2 rings (SSSR count). The second-order valence-electron chi connectivity index (χ2n) is 6.25. The van der Waals surface area contributed by atoms with E-state index in [0.29, 0.717) is 31.2 Å². The Labute approximate surface area is 177 Å². The fourth-order valence-electron chi connectivity index (χ4n) is 2.49. The summed E-state index contributed by atoms with van der Waals surface area (Å²) in [6.07, 6.45) is 0. The highest BCUT2D eigenvalue weighted by Gasteiger charge is 2.22. The first-order valence-corrected chi connectivity index (χ1v) is 8.61. The monoisotopic (exact) mass is 482 g/mol. The fourth-order valence-corrected chi connectivity index (χ4v) is 2.49. The van der Waals surface area contributed by atoms with Gasteiger partial charge in [0.25, 0.3) is 0 Å². The van der Waals surface area contributed by atoms with Gasteiger partial charge in [-0.05, 0) is 37.1 Å². The van der Waals surface area contributed by atoms with Crippen LogP contribution in [0.3, 0.4) is 0 Å². The third kappa shape index (κ3) is 7.18. The average molecular weight is 482 g/mol. The lowest BCUT2D eigenvalue weighted by molar-refractivity contribution is 0.0617. The number of guanidine groups is 1. The molecule has 6 nitrogen and oxygen atoms in total. The van der Waals surface area contributed by atoms with Crippen molar-refractivity contribution in [2.75, 3.05) is 13.1 Å². The quantitative estimate of drug-likeness (QED) is 0.277. The molecule has 0 fully saturated rings. The SMILES string of the molecule is CCNC(=NCc1cccc(C(N)=O)c1)NCC(C)(O)c1ccccc1.I. The number of carbonyl (C=O) groups is 1. The predicted octanol–water partition coefficient (Wildman–Crippen LogP) is 2.37. The molecule has 0 spiro atoms. The fraction of sp³-hybridized carbons (Fsp3) is 0.300. The molecule has 0 aliphatic carbocycles. The molecular weight excluding hydrogens is 455 g/mol. The second kappa shape index (κ2) is 10.9. The molecule has 0 aliphatic rings. The Morgan fingerprint density at radius 3 is 2.48 bits per heavy atom. The van der Waals surface area contributed by atoms with E-state index < -0.39 is 11.5 Å². The van der Waals surface area contributed by atoms with Crippen molar-refractivity contribution in [1.29, 1.82) is 0 Å². The summed E-state index contributed by atoms with van der Waals surface area (Å²) in [5.41, 5.74) is 6.46. The van der Waals surface area contributed by atoms with E-state index in [1.807, 2.05) is 43.3 Å². The number of nitrogens with zero attached hydrogens (tertiary/aromatic N) is 1. The zero-order valence-corrected chi connectivity index (χ0v) is 17.9. The minimum absolute atomic E-state index is 0. The van der Waals surface area contributed by atoms with Crippen LogP contribution in [0.15, 0.2) is 59.6 Å². The summed E-state index contributed by atoms with van der Waals surface area (Å²) in [6.45, 7) is 5.13. The summed E-state index contributed by atoms with van der Waals surface area (Å²) in [5, 5.41) is 17.0. The molecular formula is C20H27IN4O2. The lowest BCUT2D eigenvalue weighted by Crippen LogP contribution is -2.44. The molecule has 2 aromatic carbocycles. The number of halogens is 1. The van der Waals surface area contributed by atoms with Crippen molar-refractivity contribution in [2.45, 2.75) is 26.0 Å². The van der Waals surface area contributed by atoms with E-state index in [1.165, 1.54) is 0 Å². The molecule has 0 radical (unpaired) electrons. The molecule has 7 heteroatoms. The van der Waals surface area contributed by atoms with Crippen LogP contribution in [0, 0.1) is 0 Å². The minimum atomic E-state index is -1.02. The van der Waals surface area contributed by atoms with Crippen LogP contribution in [0.2, 0.25) is 0 Å². The first kappa shape index (κ1) is 22.9. The number of nitrogens with one attached hydrogen (secondary N) is 2. The molecule has 0 aliphatic heterocycles. The molecule has 0 bridgehead atoms. The van der Waals surface area contributed by atoms with Gasteiger partial charge in [0.1, 0.15) is 5.60 Å². The van der Waals surface area contributed by atoms with Gasteiger partial charge in [0.15, 0.2) is 5.96 Å². The summed E-state index contributed by atoms with van der Waals surface area (Å²) < 4.78 is 0. The Hall–Kier alpha value is -2.13. The van der Waals surface area contributed by atoms with Crippen LogP contribution in [0.25, 0.3) is 0 Å². The topological polar surface area (TPSA) is 99.7 Å². The Morgan fingerprint density at radius 2 is 1.85 bits per heavy atom. The van der Waals surface area contributed by atoms with Gasteiger partial charge in [-0.15, -0.1) is 24.0 Å². The van der Waals surface area contributed by atoms with Gasteiger partial charge in [-0.2, -0.15) is 0 Å². The van der Waals surface area contributed by atoms with Crippen molar-refractivity contribution in [3.05, 3.63) is 71.3 Å². The Bertz CT molecular complexity index is 764. The first-order chi connectivity index (χ1) is 12.4. The van der Waals surface area contributed by atoms with Crippen LogP contribution in [0.4, 0.5) is 0 Å². The largest absolute Gasteiger partial charge is 0.384 e. The van der Waals surface area contributed by atoms with E-state index in [9.17, 15) is 9.90 Å². The van der Waals surface area contributed by atoms with E-state index >= 15 is 0 Å². The molecule has 2 aromatic rings. The van der Waals surface area contributed by atoms with Crippen molar-refractivity contribution in [3.8, 4) is 0 Å². The molecule has 0 saturated carbocycles. The molecule has 1 amide bonds. The molecule has 0 heterocycles. The van der Waals surface area contributed by atoms with Gasteiger partial charge in [0, 0.05) is 12.1 Å². The summed E-state index contributed by atoms with van der Waals surface area (Å²) in [4.78, 5) is 15.8. The van der Waals surface area contributed by atoms with Gasteiger partial charge >= 0.3 is 0 Å². The first-order valence-electron chi connectivity index (χ1n) is 8.61. The van der Waals surface area contributed by atoms with Crippen molar-refractivity contribution in [3.63, 3.8) is 0 Å². The molecule has 1 unspecified atom stereocenters. The van der Waals surface area contributed by atoms with Gasteiger partial charge in [0.2, 0.25) is 5.91 Å². The molecule has 1 atom stereocenters. The van der Waals surface area contributed by atoms with Crippen molar-refractivity contribution in [1.82, 2.24) is 10.6 Å². The zero-order valence-electron chi connectivity index (χ0n) is 15.6. The minimum Gasteiger partial charge on any atom is -0.384 e. The summed E-state index contributed by atoms with van der Waals surface area (Å²) in [5.74, 6) is 0.132. The summed E-state index contributed by atoms with van der Waals surface area (Å²) >= 11 is 0. The van der Waals surface area contributed by atoms with Crippen molar-refractivity contribution in [2.24, 2.45) is 10.7 Å². The number of hydrogen-bond acceptors (Lipinski definition) is 3. The molecule has 0 aromatic heterocycles. The average Bonchev–Trinajstić information content (AvgIpc) is 2.65. The smallest absolute Gasteiger partial charge is 0.248 e. The Balaban J connectivity index is 0.00000364. The van der Waals surface area contributed by atoms with Crippen LogP contribution in [-0.2, 0) is 12.1 Å². The van der Waals surface area contributed by atoms with Gasteiger partial charge in [0.05, 0.1) is 13.1 Å². The highest BCUT2D eigenvalue weighted by molar-refractivity contribution is 14.0. The maximum Gasteiger partial charge on any atom is 0.248 e. The van der Waals surface area contributed by atoms with Crippen LogP contribution < -0.4 is 16.4 Å². The number of primary amides is 1. The maximum atomic E-state index is 11.3. The lowest BCUT2D eigenvalue weighted by atomic mass is 9.96. The van der Waals surface area contributed by atoms with E-state index in [1.54, 1.807) is 25.1 Å². The molecule has 0 saturated heterocycles. The third-order valence-corrected chi connectivity index (χ3v) is 3.97. The normalized spacial score (nSPS) is 13.2. The van der Waals surface area contributed by atoms with Crippen LogP contribution >= 0.6 is 24.0 Å². The Kier molecular flexibility index (Phi) is 9.23. The number of aliphatic imine (C=N–C) groups is 1. The number of amides is 1. The lowest BCUT2D eigenvalue weighted by Gasteiger charge is -2.25.